The smallest absolute Gasteiger partial charge is 0.305 e. The molecule has 8 heteroatoms. The Kier molecular flexibility index (Phi) is 7.00. The summed E-state index contributed by atoms with van der Waals surface area (Å²) >= 11 is 1.05. The van der Waals surface area contributed by atoms with Crippen LogP contribution < -0.4 is 10.1 Å². The number of carboxylic acid groups (broad SMARTS) is 1. The predicted molar refractivity (Wildman–Crippen MR) is 101 cm³/mol. The molecule has 0 aliphatic carbocycles. The maximum absolute atomic E-state index is 11.6. The summed E-state index contributed by atoms with van der Waals surface area (Å²) in [5, 5.41) is 18.7. The third kappa shape index (κ3) is 5.50. The van der Waals surface area contributed by atoms with Gasteiger partial charge in [0.05, 0.1) is 12.6 Å². The van der Waals surface area contributed by atoms with Gasteiger partial charge in [-0.05, 0) is 35.7 Å². The van der Waals surface area contributed by atoms with Gasteiger partial charge in [0.25, 0.3) is 0 Å². The van der Waals surface area contributed by atoms with Crippen LogP contribution in [-0.2, 0) is 16.0 Å². The fourth-order valence-corrected chi connectivity index (χ4v) is 3.06. The van der Waals surface area contributed by atoms with Crippen LogP contribution in [0.1, 0.15) is 17.5 Å². The van der Waals surface area contributed by atoms with Crippen molar-refractivity contribution in [3.8, 4) is 18.1 Å². The molecule has 1 fully saturated rings. The molecule has 0 spiro atoms. The third-order valence-corrected chi connectivity index (χ3v) is 4.32. The molecule has 134 valence electrons. The Labute approximate surface area is 155 Å². The lowest BCUT2D eigenvalue weighted by Gasteiger charge is -2.08. The number of amidine groups is 1. The number of nitrogens with zero attached hydrogens (tertiary/aromatic N) is 2. The fraction of sp³-hybridized carbons (Fsp3) is 0.222. The third-order valence-electron chi connectivity index (χ3n) is 3.25. The number of ether oxygens (including phenoxy) is 1. The number of terminal acetylenes is 1. The average molecular weight is 371 g/mol. The first-order valence-electron chi connectivity index (χ1n) is 7.64. The van der Waals surface area contributed by atoms with Gasteiger partial charge < -0.3 is 15.2 Å². The molecule has 1 atom stereocenters. The number of carbonyl (C=O) groups excluding carboxylic acids is 1. The number of hydrogen-bond donors (Lipinski definition) is 2. The minimum atomic E-state index is -1.04. The molecule has 1 heterocycles. The lowest BCUT2D eigenvalue weighted by Crippen LogP contribution is -2.26. The van der Waals surface area contributed by atoms with E-state index in [0.29, 0.717) is 12.2 Å². The van der Waals surface area contributed by atoms with E-state index in [9.17, 15) is 9.59 Å². The standard InChI is InChI=1S/C18H17N3O4S/c1-3-5-13-9-12(6-7-14(13)25-8-4-2)11-19-21-18-20-17(24)15(26-18)10-16(22)23/h2-3,6-7,9,11,15H,1,5,8,10H2,(H,22,23)(H,20,21,24). The van der Waals surface area contributed by atoms with Crippen LogP contribution in [0.2, 0.25) is 0 Å². The van der Waals surface area contributed by atoms with Gasteiger partial charge in [-0.25, -0.2) is 0 Å². The van der Waals surface area contributed by atoms with E-state index in [4.69, 9.17) is 16.3 Å². The zero-order valence-corrected chi connectivity index (χ0v) is 14.7. The van der Waals surface area contributed by atoms with Crippen LogP contribution in [0.5, 0.6) is 5.75 Å². The van der Waals surface area contributed by atoms with Gasteiger partial charge in [-0.1, -0.05) is 23.8 Å². The Balaban J connectivity index is 2.07. The van der Waals surface area contributed by atoms with Crippen LogP contribution in [0.3, 0.4) is 0 Å². The molecular formula is C18H17N3O4S. The van der Waals surface area contributed by atoms with E-state index < -0.39 is 11.2 Å². The largest absolute Gasteiger partial charge is 0.481 e. The molecule has 2 rings (SSSR count). The zero-order chi connectivity index (χ0) is 18.9. The molecule has 1 aromatic carbocycles. The van der Waals surface area contributed by atoms with Crippen molar-refractivity contribution in [2.75, 3.05) is 6.61 Å². The Morgan fingerprint density at radius 1 is 1.54 bits per heavy atom. The van der Waals surface area contributed by atoms with Gasteiger partial charge in [-0.15, -0.1) is 18.1 Å². The summed E-state index contributed by atoms with van der Waals surface area (Å²) in [4.78, 5) is 22.3. The molecule has 1 saturated heterocycles. The van der Waals surface area contributed by atoms with E-state index in [-0.39, 0.29) is 24.1 Å². The lowest BCUT2D eigenvalue weighted by atomic mass is 10.1. The number of aliphatic carboxylic acids is 1. The maximum atomic E-state index is 11.6. The molecule has 1 aliphatic rings. The number of hydrogen-bond acceptors (Lipinski definition) is 6. The summed E-state index contributed by atoms with van der Waals surface area (Å²) in [7, 11) is 0. The number of allylic oxidation sites excluding steroid dienone is 1. The SMILES string of the molecule is C#CCOc1ccc(C=NN=C2NC(=O)C(CC(=O)O)S2)cc1CC=C. The number of carbonyl (C=O) groups is 2. The molecule has 26 heavy (non-hydrogen) atoms. The second kappa shape index (κ2) is 9.44. The quantitative estimate of drug-likeness (QED) is 0.314. The van der Waals surface area contributed by atoms with E-state index in [1.807, 2.05) is 6.07 Å². The average Bonchev–Trinajstić information content (AvgIpc) is 2.93. The first kappa shape index (κ1) is 19.3. The van der Waals surface area contributed by atoms with Crippen LogP contribution >= 0.6 is 11.8 Å². The monoisotopic (exact) mass is 371 g/mol. The van der Waals surface area contributed by atoms with Crippen LogP contribution in [0.4, 0.5) is 0 Å². The molecule has 1 unspecified atom stereocenters. The summed E-state index contributed by atoms with van der Waals surface area (Å²) < 4.78 is 5.48. The summed E-state index contributed by atoms with van der Waals surface area (Å²) in [5.41, 5.74) is 1.70. The number of rotatable bonds is 8. The van der Waals surface area contributed by atoms with Crippen molar-refractivity contribution in [3.05, 3.63) is 42.0 Å². The van der Waals surface area contributed by atoms with Gasteiger partial charge in [-0.2, -0.15) is 5.10 Å². The van der Waals surface area contributed by atoms with E-state index in [0.717, 1.165) is 22.9 Å². The maximum Gasteiger partial charge on any atom is 0.305 e. The van der Waals surface area contributed by atoms with Gasteiger partial charge >= 0.3 is 5.97 Å². The molecule has 0 bridgehead atoms. The summed E-state index contributed by atoms with van der Waals surface area (Å²) in [6, 6.07) is 5.47. The highest BCUT2D eigenvalue weighted by Gasteiger charge is 2.32. The van der Waals surface area contributed by atoms with Crippen LogP contribution in [-0.4, -0.2) is 40.2 Å². The highest BCUT2D eigenvalue weighted by Crippen LogP contribution is 2.23. The van der Waals surface area contributed by atoms with E-state index in [1.54, 1.807) is 18.2 Å². The van der Waals surface area contributed by atoms with Crippen molar-refractivity contribution in [1.82, 2.24) is 5.32 Å². The molecule has 7 nitrogen and oxygen atoms in total. The van der Waals surface area contributed by atoms with Crippen molar-refractivity contribution in [3.63, 3.8) is 0 Å². The van der Waals surface area contributed by atoms with Gasteiger partial charge in [0.15, 0.2) is 5.17 Å². The number of thioether (sulfide) groups is 1. The Morgan fingerprint density at radius 3 is 3.04 bits per heavy atom. The molecule has 1 aliphatic heterocycles. The highest BCUT2D eigenvalue weighted by molar-refractivity contribution is 8.15. The van der Waals surface area contributed by atoms with E-state index >= 15 is 0 Å². The minimum absolute atomic E-state index is 0.180. The number of nitrogens with one attached hydrogen (secondary N) is 1. The Morgan fingerprint density at radius 2 is 2.35 bits per heavy atom. The second-order valence-corrected chi connectivity index (χ2v) is 6.39. The molecule has 0 radical (unpaired) electrons. The summed E-state index contributed by atoms with van der Waals surface area (Å²) in [6.45, 7) is 3.90. The van der Waals surface area contributed by atoms with Crippen molar-refractivity contribution < 1.29 is 19.4 Å². The second-order valence-electron chi connectivity index (χ2n) is 5.20. The predicted octanol–water partition coefficient (Wildman–Crippen LogP) is 1.82. The summed E-state index contributed by atoms with van der Waals surface area (Å²) in [6.07, 6.45) is 8.84. The molecule has 0 aromatic heterocycles. The molecular weight excluding hydrogens is 354 g/mol. The fourth-order valence-electron chi connectivity index (χ4n) is 2.15. The number of benzene rings is 1. The molecule has 1 amide bonds. The zero-order valence-electron chi connectivity index (χ0n) is 13.8. The van der Waals surface area contributed by atoms with Crippen LogP contribution in [0, 0.1) is 12.3 Å². The first-order chi connectivity index (χ1) is 12.5. The molecule has 0 saturated carbocycles. The lowest BCUT2D eigenvalue weighted by molar-refractivity contribution is -0.138. The van der Waals surface area contributed by atoms with Crippen LogP contribution in [0.15, 0.2) is 41.1 Å². The van der Waals surface area contributed by atoms with Gasteiger partial charge in [0, 0.05) is 0 Å². The first-order valence-corrected chi connectivity index (χ1v) is 8.52. The van der Waals surface area contributed by atoms with Gasteiger partial charge in [0.2, 0.25) is 5.91 Å². The normalized spacial score (nSPS) is 17.9. The van der Waals surface area contributed by atoms with Crippen molar-refractivity contribution in [2.45, 2.75) is 18.1 Å². The van der Waals surface area contributed by atoms with Gasteiger partial charge in [0.1, 0.15) is 17.6 Å². The van der Waals surface area contributed by atoms with Crippen molar-refractivity contribution in [1.29, 1.82) is 0 Å². The molecule has 1 aromatic rings. The molecule has 2 N–H and O–H groups in total. The number of carboxylic acids is 1. The van der Waals surface area contributed by atoms with Crippen molar-refractivity contribution >= 4 is 35.0 Å². The highest BCUT2D eigenvalue weighted by atomic mass is 32.2. The Hall–Kier alpha value is -3.05. The van der Waals surface area contributed by atoms with Gasteiger partial charge in [-0.3, -0.25) is 9.59 Å². The van der Waals surface area contributed by atoms with E-state index in [1.165, 1.54) is 6.21 Å². The van der Waals surface area contributed by atoms with E-state index in [2.05, 4.69) is 28.0 Å². The Bertz CT molecular complexity index is 811. The summed E-state index contributed by atoms with van der Waals surface area (Å²) in [5.74, 6) is 1.68. The van der Waals surface area contributed by atoms with Crippen LogP contribution in [0.25, 0.3) is 0 Å². The number of amides is 1. The van der Waals surface area contributed by atoms with Crippen molar-refractivity contribution in [2.24, 2.45) is 10.2 Å². The minimum Gasteiger partial charge on any atom is -0.481 e. The topological polar surface area (TPSA) is 100 Å².